The first-order valence-electron chi connectivity index (χ1n) is 5.61. The summed E-state index contributed by atoms with van der Waals surface area (Å²) >= 11 is 0. The van der Waals surface area contributed by atoms with Crippen molar-refractivity contribution in [3.8, 4) is 0 Å². The molecule has 1 saturated carbocycles. The summed E-state index contributed by atoms with van der Waals surface area (Å²) in [4.78, 5) is 23.7. The van der Waals surface area contributed by atoms with Crippen LogP contribution in [0.25, 0.3) is 10.9 Å². The molecule has 0 atom stereocenters. The molecule has 0 radical (unpaired) electrons. The van der Waals surface area contributed by atoms with Crippen LogP contribution in [0.15, 0.2) is 29.1 Å². The molecule has 5 nitrogen and oxygen atoms in total. The molecule has 0 N–H and O–H groups in total. The zero-order chi connectivity index (χ0) is 11.8. The average molecular weight is 229 g/mol. The Morgan fingerprint density at radius 3 is 2.88 bits per heavy atom. The van der Waals surface area contributed by atoms with E-state index in [2.05, 4.69) is 10.3 Å². The Kier molecular flexibility index (Phi) is 2.24. The van der Waals surface area contributed by atoms with Gasteiger partial charge in [-0.05, 0) is 25.0 Å². The number of rotatable bonds is 3. The van der Waals surface area contributed by atoms with Crippen LogP contribution in [0.3, 0.4) is 0 Å². The van der Waals surface area contributed by atoms with Crippen LogP contribution in [0.4, 0.5) is 0 Å². The number of hydrogen-bond acceptors (Lipinski definition) is 4. The van der Waals surface area contributed by atoms with Gasteiger partial charge in [0.25, 0.3) is 5.56 Å². The lowest BCUT2D eigenvalue weighted by atomic mass is 10.2. The maximum Gasteiger partial charge on any atom is 0.278 e. The fraction of sp³-hybridized carbons (Fsp3) is 0.333. The first kappa shape index (κ1) is 10.1. The quantitative estimate of drug-likeness (QED) is 0.779. The highest BCUT2D eigenvalue weighted by atomic mass is 16.1. The van der Waals surface area contributed by atoms with E-state index in [1.54, 1.807) is 24.3 Å². The smallest absolute Gasteiger partial charge is 0.278 e. The van der Waals surface area contributed by atoms with Gasteiger partial charge in [-0.15, -0.1) is 5.10 Å². The molecule has 1 fully saturated rings. The van der Waals surface area contributed by atoms with E-state index < -0.39 is 0 Å². The zero-order valence-electron chi connectivity index (χ0n) is 9.17. The van der Waals surface area contributed by atoms with E-state index in [4.69, 9.17) is 0 Å². The minimum Gasteiger partial charge on any atom is -0.297 e. The number of ketones is 1. The molecule has 0 aliphatic heterocycles. The third-order valence-electron chi connectivity index (χ3n) is 2.97. The maximum atomic E-state index is 12.0. The molecule has 0 saturated heterocycles. The molecule has 1 aliphatic carbocycles. The number of nitrogens with zero attached hydrogens (tertiary/aromatic N) is 3. The molecular weight excluding hydrogens is 218 g/mol. The van der Waals surface area contributed by atoms with Crippen LogP contribution >= 0.6 is 0 Å². The van der Waals surface area contributed by atoms with Gasteiger partial charge < -0.3 is 0 Å². The van der Waals surface area contributed by atoms with Crippen LogP contribution in [-0.4, -0.2) is 20.8 Å². The molecule has 17 heavy (non-hydrogen) atoms. The van der Waals surface area contributed by atoms with Gasteiger partial charge in [0.15, 0.2) is 5.78 Å². The van der Waals surface area contributed by atoms with Crippen molar-refractivity contribution in [1.29, 1.82) is 0 Å². The zero-order valence-corrected chi connectivity index (χ0v) is 9.17. The molecule has 0 unspecified atom stereocenters. The van der Waals surface area contributed by atoms with Crippen molar-refractivity contribution >= 4 is 16.7 Å². The van der Waals surface area contributed by atoms with Crippen LogP contribution in [0, 0.1) is 5.92 Å². The highest BCUT2D eigenvalue weighted by molar-refractivity contribution is 5.83. The number of carbonyl (C=O) groups excluding carboxylic acids is 1. The highest BCUT2D eigenvalue weighted by Crippen LogP contribution is 2.29. The van der Waals surface area contributed by atoms with Gasteiger partial charge in [-0.2, -0.15) is 0 Å². The Labute approximate surface area is 97.1 Å². The summed E-state index contributed by atoms with van der Waals surface area (Å²) in [5.41, 5.74) is 0.317. The Hall–Kier alpha value is -2.04. The van der Waals surface area contributed by atoms with Gasteiger partial charge in [0.05, 0.1) is 5.39 Å². The predicted molar refractivity (Wildman–Crippen MR) is 61.5 cm³/mol. The van der Waals surface area contributed by atoms with Crippen LogP contribution in [0.1, 0.15) is 12.8 Å². The van der Waals surface area contributed by atoms with Crippen molar-refractivity contribution in [2.24, 2.45) is 5.92 Å². The number of hydrogen-bond donors (Lipinski definition) is 0. The molecule has 0 amide bonds. The number of aromatic nitrogens is 3. The van der Waals surface area contributed by atoms with Gasteiger partial charge >= 0.3 is 0 Å². The molecule has 0 bridgehead atoms. The summed E-state index contributed by atoms with van der Waals surface area (Å²) < 4.78 is 1.16. The standard InChI is InChI=1S/C12H11N3O2/c16-11(8-5-6-8)7-15-12(17)9-3-1-2-4-10(9)13-14-15/h1-4,8H,5-7H2. The second kappa shape index (κ2) is 3.76. The van der Waals surface area contributed by atoms with Gasteiger partial charge in [0.1, 0.15) is 12.1 Å². The minimum absolute atomic E-state index is 0.0430. The molecule has 1 aromatic carbocycles. The van der Waals surface area contributed by atoms with Crippen LogP contribution in [0.5, 0.6) is 0 Å². The van der Waals surface area contributed by atoms with Crippen molar-refractivity contribution in [3.05, 3.63) is 34.6 Å². The third-order valence-corrected chi connectivity index (χ3v) is 2.97. The Bertz CT molecular complexity index is 643. The van der Waals surface area contributed by atoms with Crippen molar-refractivity contribution < 1.29 is 4.79 Å². The Morgan fingerprint density at radius 1 is 1.35 bits per heavy atom. The van der Waals surface area contributed by atoms with Gasteiger partial charge in [0.2, 0.25) is 0 Å². The van der Waals surface area contributed by atoms with Crippen molar-refractivity contribution in [1.82, 2.24) is 15.0 Å². The van der Waals surface area contributed by atoms with Crippen molar-refractivity contribution in [2.45, 2.75) is 19.4 Å². The van der Waals surface area contributed by atoms with E-state index in [-0.39, 0.29) is 23.8 Å². The van der Waals surface area contributed by atoms with E-state index in [1.807, 2.05) is 0 Å². The van der Waals surface area contributed by atoms with Gasteiger partial charge in [-0.25, -0.2) is 4.68 Å². The SMILES string of the molecule is O=C(Cn1nnc2ccccc2c1=O)C1CC1. The predicted octanol–water partition coefficient (Wildman–Crippen LogP) is 0.771. The number of fused-ring (bicyclic) bond motifs is 1. The molecule has 1 aromatic heterocycles. The first-order chi connectivity index (χ1) is 8.25. The average Bonchev–Trinajstić information content (AvgIpc) is 3.17. The minimum atomic E-state index is -0.246. The van der Waals surface area contributed by atoms with Crippen LogP contribution < -0.4 is 5.56 Å². The van der Waals surface area contributed by atoms with Gasteiger partial charge in [-0.1, -0.05) is 17.3 Å². The van der Waals surface area contributed by atoms with Crippen LogP contribution in [-0.2, 0) is 11.3 Å². The highest BCUT2D eigenvalue weighted by Gasteiger charge is 2.29. The van der Waals surface area contributed by atoms with E-state index >= 15 is 0 Å². The fourth-order valence-corrected chi connectivity index (χ4v) is 1.81. The van der Waals surface area contributed by atoms with Crippen molar-refractivity contribution in [3.63, 3.8) is 0 Å². The van der Waals surface area contributed by atoms with E-state index in [0.29, 0.717) is 10.9 Å². The summed E-state index contributed by atoms with van der Waals surface area (Å²) in [7, 11) is 0. The molecule has 3 rings (SSSR count). The molecule has 1 aliphatic rings. The molecule has 1 heterocycles. The van der Waals surface area contributed by atoms with Crippen molar-refractivity contribution in [2.75, 3.05) is 0 Å². The second-order valence-corrected chi connectivity index (χ2v) is 4.31. The number of carbonyl (C=O) groups is 1. The van der Waals surface area contributed by atoms with Crippen LogP contribution in [0.2, 0.25) is 0 Å². The summed E-state index contributed by atoms with van der Waals surface area (Å²) in [5, 5.41) is 8.23. The molecule has 5 heteroatoms. The monoisotopic (exact) mass is 229 g/mol. The van der Waals surface area contributed by atoms with E-state index in [1.165, 1.54) is 0 Å². The van der Waals surface area contributed by atoms with Gasteiger partial charge in [-0.3, -0.25) is 9.59 Å². The largest absolute Gasteiger partial charge is 0.297 e. The van der Waals surface area contributed by atoms with Gasteiger partial charge in [0, 0.05) is 5.92 Å². The normalized spacial score (nSPS) is 15.1. The maximum absolute atomic E-state index is 12.0. The topological polar surface area (TPSA) is 64.8 Å². The third kappa shape index (κ3) is 1.84. The second-order valence-electron chi connectivity index (χ2n) is 4.31. The Balaban J connectivity index is 2.02. The molecule has 86 valence electrons. The molecule has 2 aromatic rings. The summed E-state index contributed by atoms with van der Waals surface area (Å²) in [6.07, 6.45) is 1.88. The summed E-state index contributed by atoms with van der Waals surface area (Å²) in [6, 6.07) is 7.01. The lowest BCUT2D eigenvalue weighted by Gasteiger charge is -2.03. The number of benzene rings is 1. The van der Waals surface area contributed by atoms with E-state index in [0.717, 1.165) is 17.5 Å². The fourth-order valence-electron chi connectivity index (χ4n) is 1.81. The molecule has 0 spiro atoms. The summed E-state index contributed by atoms with van der Waals surface area (Å²) in [5.74, 6) is 0.215. The lowest BCUT2D eigenvalue weighted by molar-refractivity contribution is -0.121. The van der Waals surface area contributed by atoms with E-state index in [9.17, 15) is 9.59 Å². The molecular formula is C12H11N3O2. The first-order valence-corrected chi connectivity index (χ1v) is 5.61. The summed E-state index contributed by atoms with van der Waals surface area (Å²) in [6.45, 7) is 0.0430. The number of Topliss-reactive ketones (excluding diaryl/α,β-unsaturated/α-hetero) is 1. The lowest BCUT2D eigenvalue weighted by Crippen LogP contribution is -2.28. The Morgan fingerprint density at radius 2 is 2.12 bits per heavy atom.